The third kappa shape index (κ3) is 2.07. The van der Waals surface area contributed by atoms with Crippen molar-refractivity contribution < 1.29 is 9.84 Å². The molecular formula is C11H7N3O2. The highest BCUT2D eigenvalue weighted by Gasteiger charge is 2.05. The number of rotatable bonds is 2. The Morgan fingerprint density at radius 1 is 1.25 bits per heavy atom. The van der Waals surface area contributed by atoms with Crippen LogP contribution >= 0.6 is 0 Å². The van der Waals surface area contributed by atoms with Gasteiger partial charge in [0.25, 0.3) is 0 Å². The summed E-state index contributed by atoms with van der Waals surface area (Å²) in [6.45, 7) is 0. The van der Waals surface area contributed by atoms with E-state index in [0.717, 1.165) is 0 Å². The van der Waals surface area contributed by atoms with Crippen molar-refractivity contribution in [2.45, 2.75) is 0 Å². The summed E-state index contributed by atoms with van der Waals surface area (Å²) in [5, 5.41) is 18.1. The molecule has 0 bridgehead atoms. The molecule has 0 aliphatic rings. The Labute approximate surface area is 91.6 Å². The molecule has 1 heterocycles. The zero-order valence-corrected chi connectivity index (χ0v) is 8.16. The Morgan fingerprint density at radius 3 is 2.81 bits per heavy atom. The summed E-state index contributed by atoms with van der Waals surface area (Å²) < 4.78 is 5.23. The lowest BCUT2D eigenvalue weighted by Gasteiger charge is -2.04. The van der Waals surface area contributed by atoms with Crippen LogP contribution in [0, 0.1) is 11.3 Å². The average Bonchev–Trinajstić information content (AvgIpc) is 2.32. The van der Waals surface area contributed by atoms with E-state index in [-0.39, 0.29) is 23.2 Å². The number of hydrogen-bond acceptors (Lipinski definition) is 5. The molecule has 0 saturated heterocycles. The SMILES string of the molecule is N#Cc1ccnc(Oc2ccccc2O)n1. The van der Waals surface area contributed by atoms with Crippen LogP contribution in [0.1, 0.15) is 5.69 Å². The van der Waals surface area contributed by atoms with Gasteiger partial charge in [-0.1, -0.05) is 12.1 Å². The van der Waals surface area contributed by atoms with Gasteiger partial charge >= 0.3 is 6.01 Å². The number of para-hydroxylation sites is 2. The quantitative estimate of drug-likeness (QED) is 0.823. The Balaban J connectivity index is 2.28. The number of aromatic nitrogens is 2. The molecule has 2 aromatic rings. The molecule has 5 nitrogen and oxygen atoms in total. The second-order valence-electron chi connectivity index (χ2n) is 2.91. The molecule has 0 atom stereocenters. The van der Waals surface area contributed by atoms with Crippen molar-refractivity contribution in [3.05, 3.63) is 42.2 Å². The summed E-state index contributed by atoms with van der Waals surface area (Å²) in [4.78, 5) is 7.65. The third-order valence-corrected chi connectivity index (χ3v) is 1.81. The van der Waals surface area contributed by atoms with Crippen LogP contribution in [0.5, 0.6) is 17.5 Å². The van der Waals surface area contributed by atoms with E-state index >= 15 is 0 Å². The number of aromatic hydroxyl groups is 1. The Morgan fingerprint density at radius 2 is 2.06 bits per heavy atom. The number of nitriles is 1. The first-order valence-electron chi connectivity index (χ1n) is 4.48. The van der Waals surface area contributed by atoms with Gasteiger partial charge in [0.2, 0.25) is 0 Å². The lowest BCUT2D eigenvalue weighted by Crippen LogP contribution is -1.93. The molecule has 0 unspecified atom stereocenters. The van der Waals surface area contributed by atoms with Gasteiger partial charge in [-0.2, -0.15) is 10.2 Å². The molecule has 0 aliphatic carbocycles. The minimum atomic E-state index is -0.00605. The molecule has 0 spiro atoms. The molecule has 0 radical (unpaired) electrons. The van der Waals surface area contributed by atoms with Crippen molar-refractivity contribution in [2.24, 2.45) is 0 Å². The second-order valence-corrected chi connectivity index (χ2v) is 2.91. The Kier molecular flexibility index (Phi) is 2.65. The lowest BCUT2D eigenvalue weighted by atomic mass is 10.3. The van der Waals surface area contributed by atoms with E-state index in [1.54, 1.807) is 18.2 Å². The monoisotopic (exact) mass is 213 g/mol. The second kappa shape index (κ2) is 4.28. The molecule has 1 aromatic carbocycles. The van der Waals surface area contributed by atoms with E-state index in [4.69, 9.17) is 10.00 Å². The zero-order valence-electron chi connectivity index (χ0n) is 8.16. The first-order valence-corrected chi connectivity index (χ1v) is 4.48. The smallest absolute Gasteiger partial charge is 0.323 e. The van der Waals surface area contributed by atoms with Crippen molar-refractivity contribution in [3.8, 4) is 23.6 Å². The number of phenols is 1. The van der Waals surface area contributed by atoms with Gasteiger partial charge in [0, 0.05) is 6.20 Å². The summed E-state index contributed by atoms with van der Waals surface area (Å²) in [6, 6.07) is 9.83. The highest BCUT2D eigenvalue weighted by atomic mass is 16.5. The van der Waals surface area contributed by atoms with Crippen LogP contribution in [-0.2, 0) is 0 Å². The number of phenolic OH excluding ortho intramolecular Hbond substituents is 1. The molecule has 0 saturated carbocycles. The molecule has 0 aliphatic heterocycles. The Hall–Kier alpha value is -2.61. The van der Waals surface area contributed by atoms with Crippen LogP contribution in [-0.4, -0.2) is 15.1 Å². The van der Waals surface area contributed by atoms with Gasteiger partial charge in [-0.3, -0.25) is 0 Å². The highest BCUT2D eigenvalue weighted by Crippen LogP contribution is 2.27. The standard InChI is InChI=1S/C11H7N3O2/c12-7-8-5-6-13-11(14-8)16-10-4-2-1-3-9(10)15/h1-6,15H. The van der Waals surface area contributed by atoms with Crippen molar-refractivity contribution in [3.63, 3.8) is 0 Å². The summed E-state index contributed by atoms with van der Waals surface area (Å²) in [5.74, 6) is 0.242. The van der Waals surface area contributed by atoms with Gasteiger partial charge in [0.15, 0.2) is 11.5 Å². The maximum absolute atomic E-state index is 9.45. The predicted octanol–water partition coefficient (Wildman–Crippen LogP) is 1.85. The minimum absolute atomic E-state index is 0.00605. The van der Waals surface area contributed by atoms with Gasteiger partial charge in [0.05, 0.1) is 0 Å². The fourth-order valence-electron chi connectivity index (χ4n) is 1.09. The lowest BCUT2D eigenvalue weighted by molar-refractivity contribution is 0.392. The molecule has 78 valence electrons. The largest absolute Gasteiger partial charge is 0.504 e. The predicted molar refractivity (Wildman–Crippen MR) is 54.9 cm³/mol. The van der Waals surface area contributed by atoms with Crippen molar-refractivity contribution in [2.75, 3.05) is 0 Å². The van der Waals surface area contributed by atoms with Crippen LogP contribution in [0.15, 0.2) is 36.5 Å². The normalized spacial score (nSPS) is 9.44. The fraction of sp³-hybridized carbons (Fsp3) is 0. The van der Waals surface area contributed by atoms with Crippen LogP contribution in [0.3, 0.4) is 0 Å². The van der Waals surface area contributed by atoms with Gasteiger partial charge < -0.3 is 9.84 Å². The number of nitrogens with zero attached hydrogens (tertiary/aromatic N) is 3. The highest BCUT2D eigenvalue weighted by molar-refractivity contribution is 5.39. The molecule has 0 amide bonds. The summed E-state index contributed by atoms with van der Waals surface area (Å²) >= 11 is 0. The Bertz CT molecular complexity index is 549. The van der Waals surface area contributed by atoms with Gasteiger partial charge in [-0.15, -0.1) is 0 Å². The van der Waals surface area contributed by atoms with E-state index in [1.165, 1.54) is 18.3 Å². The average molecular weight is 213 g/mol. The number of ether oxygens (including phenoxy) is 1. The van der Waals surface area contributed by atoms with Crippen molar-refractivity contribution in [1.29, 1.82) is 5.26 Å². The summed E-state index contributed by atoms with van der Waals surface area (Å²) in [7, 11) is 0. The van der Waals surface area contributed by atoms with E-state index in [2.05, 4.69) is 9.97 Å². The maximum Gasteiger partial charge on any atom is 0.323 e. The van der Waals surface area contributed by atoms with Crippen LogP contribution in [0.4, 0.5) is 0 Å². The third-order valence-electron chi connectivity index (χ3n) is 1.81. The van der Waals surface area contributed by atoms with Crippen LogP contribution < -0.4 is 4.74 Å². The first kappa shape index (κ1) is 9.93. The van der Waals surface area contributed by atoms with Gasteiger partial charge in [0.1, 0.15) is 11.8 Å². The first-order chi connectivity index (χ1) is 7.79. The van der Waals surface area contributed by atoms with E-state index in [9.17, 15) is 5.11 Å². The van der Waals surface area contributed by atoms with Crippen molar-refractivity contribution >= 4 is 0 Å². The van der Waals surface area contributed by atoms with Gasteiger partial charge in [-0.05, 0) is 18.2 Å². The van der Waals surface area contributed by atoms with Crippen LogP contribution in [0.2, 0.25) is 0 Å². The molecule has 5 heteroatoms. The number of hydrogen-bond donors (Lipinski definition) is 1. The molecule has 2 rings (SSSR count). The summed E-state index contributed by atoms with van der Waals surface area (Å²) in [6.07, 6.45) is 1.42. The zero-order chi connectivity index (χ0) is 11.4. The molecule has 16 heavy (non-hydrogen) atoms. The maximum atomic E-state index is 9.45. The van der Waals surface area contributed by atoms with Crippen molar-refractivity contribution in [1.82, 2.24) is 9.97 Å². The molecule has 1 aromatic heterocycles. The molecule has 1 N–H and O–H groups in total. The topological polar surface area (TPSA) is 79.0 Å². The van der Waals surface area contributed by atoms with E-state index in [0.29, 0.717) is 0 Å². The number of benzene rings is 1. The van der Waals surface area contributed by atoms with Crippen LogP contribution in [0.25, 0.3) is 0 Å². The molecule has 0 fully saturated rings. The van der Waals surface area contributed by atoms with Gasteiger partial charge in [-0.25, -0.2) is 4.98 Å². The summed E-state index contributed by atoms with van der Waals surface area (Å²) in [5.41, 5.74) is 0.209. The molecular weight excluding hydrogens is 206 g/mol. The fourth-order valence-corrected chi connectivity index (χ4v) is 1.09. The van der Waals surface area contributed by atoms with E-state index in [1.807, 2.05) is 6.07 Å². The minimum Gasteiger partial charge on any atom is -0.504 e. The van der Waals surface area contributed by atoms with E-state index < -0.39 is 0 Å².